The van der Waals surface area contributed by atoms with Gasteiger partial charge < -0.3 is 9.26 Å². The molecule has 0 amide bonds. The molecule has 5 nitrogen and oxygen atoms in total. The number of halogens is 1. The fourth-order valence-electron chi connectivity index (χ4n) is 2.87. The monoisotopic (exact) mass is 369 g/mol. The summed E-state index contributed by atoms with van der Waals surface area (Å²) in [7, 11) is 1.64. The quantitative estimate of drug-likeness (QED) is 0.604. The number of nitrogens with one attached hydrogen (secondary N) is 1. The second-order valence-corrected chi connectivity index (χ2v) is 6.35. The van der Waals surface area contributed by atoms with E-state index < -0.39 is 0 Å². The topological polar surface area (TPSA) is 60.2 Å². The van der Waals surface area contributed by atoms with Gasteiger partial charge in [-0.05, 0) is 41.8 Å². The molecule has 0 aliphatic heterocycles. The summed E-state index contributed by atoms with van der Waals surface area (Å²) in [4.78, 5) is 4.43. The fourth-order valence-corrected chi connectivity index (χ4v) is 2.87. The molecule has 0 saturated heterocycles. The van der Waals surface area contributed by atoms with Crippen molar-refractivity contribution in [2.24, 2.45) is 0 Å². The first-order chi connectivity index (χ1) is 13.2. The van der Waals surface area contributed by atoms with E-state index in [0.717, 1.165) is 42.0 Å². The Labute approximate surface area is 158 Å². The normalized spacial score (nSPS) is 12.1. The molecule has 0 fully saturated rings. The maximum Gasteiger partial charge on any atom is 0.240 e. The Kier molecular flexibility index (Phi) is 6.54. The predicted molar refractivity (Wildman–Crippen MR) is 101 cm³/mol. The molecule has 6 heteroatoms. The number of nitrogens with zero attached hydrogens (tertiary/aromatic N) is 2. The average Bonchev–Trinajstić information content (AvgIpc) is 3.16. The Hall–Kier alpha value is -2.73. The summed E-state index contributed by atoms with van der Waals surface area (Å²) in [6.45, 7) is 2.55. The zero-order valence-electron chi connectivity index (χ0n) is 15.6. The Morgan fingerprint density at radius 1 is 1.07 bits per heavy atom. The van der Waals surface area contributed by atoms with Crippen LogP contribution in [0.3, 0.4) is 0 Å². The Bertz CT molecular complexity index is 831. The van der Waals surface area contributed by atoms with Gasteiger partial charge in [-0.2, -0.15) is 4.98 Å². The van der Waals surface area contributed by atoms with E-state index in [0.29, 0.717) is 12.4 Å². The van der Waals surface area contributed by atoms with Gasteiger partial charge in [0.15, 0.2) is 5.82 Å². The molecule has 0 radical (unpaired) electrons. The summed E-state index contributed by atoms with van der Waals surface area (Å²) in [6.07, 6.45) is 2.95. The molecule has 0 saturated carbocycles. The molecule has 0 aliphatic rings. The van der Waals surface area contributed by atoms with E-state index in [-0.39, 0.29) is 11.9 Å². The first kappa shape index (κ1) is 19.0. The second-order valence-electron chi connectivity index (χ2n) is 6.35. The van der Waals surface area contributed by atoms with Gasteiger partial charge in [0.05, 0.1) is 19.7 Å². The largest absolute Gasteiger partial charge is 0.497 e. The fraction of sp³-hybridized carbons (Fsp3) is 0.333. The van der Waals surface area contributed by atoms with Crippen molar-refractivity contribution in [1.82, 2.24) is 15.5 Å². The van der Waals surface area contributed by atoms with E-state index in [1.165, 1.54) is 12.1 Å². The van der Waals surface area contributed by atoms with Gasteiger partial charge in [0.25, 0.3) is 0 Å². The van der Waals surface area contributed by atoms with E-state index in [9.17, 15) is 4.39 Å². The Balaban J connectivity index is 1.77. The number of aryl methyl sites for hydroxylation is 1. The van der Waals surface area contributed by atoms with E-state index in [4.69, 9.17) is 9.26 Å². The van der Waals surface area contributed by atoms with Crippen LogP contribution in [0.4, 0.5) is 4.39 Å². The van der Waals surface area contributed by atoms with E-state index in [1.54, 1.807) is 19.2 Å². The lowest BCUT2D eigenvalue weighted by Gasteiger charge is -2.19. The van der Waals surface area contributed by atoms with Gasteiger partial charge in [-0.1, -0.05) is 42.8 Å². The third-order valence-corrected chi connectivity index (χ3v) is 4.37. The first-order valence-corrected chi connectivity index (χ1v) is 9.14. The van der Waals surface area contributed by atoms with E-state index in [1.807, 2.05) is 24.3 Å². The minimum Gasteiger partial charge on any atom is -0.497 e. The lowest BCUT2D eigenvalue weighted by molar-refractivity contribution is 0.358. The zero-order chi connectivity index (χ0) is 19.1. The smallest absolute Gasteiger partial charge is 0.240 e. The third-order valence-electron chi connectivity index (χ3n) is 4.37. The zero-order valence-corrected chi connectivity index (χ0v) is 15.6. The van der Waals surface area contributed by atoms with Gasteiger partial charge in [-0.25, -0.2) is 4.39 Å². The second kappa shape index (κ2) is 9.28. The molecule has 1 atom stereocenters. The van der Waals surface area contributed by atoms with Gasteiger partial charge in [0.2, 0.25) is 5.89 Å². The molecule has 142 valence electrons. The van der Waals surface area contributed by atoms with Crippen LogP contribution in [0.5, 0.6) is 5.75 Å². The lowest BCUT2D eigenvalue weighted by Crippen LogP contribution is -2.22. The highest BCUT2D eigenvalue weighted by atomic mass is 19.1. The maximum absolute atomic E-state index is 13.3. The number of aromatic nitrogens is 2. The van der Waals surface area contributed by atoms with E-state index in [2.05, 4.69) is 22.4 Å². The highest BCUT2D eigenvalue weighted by molar-refractivity contribution is 5.35. The molecular weight excluding hydrogens is 345 g/mol. The molecule has 1 N–H and O–H groups in total. The van der Waals surface area contributed by atoms with Crippen LogP contribution in [0.15, 0.2) is 53.1 Å². The van der Waals surface area contributed by atoms with Crippen molar-refractivity contribution in [3.63, 3.8) is 0 Å². The molecule has 1 heterocycles. The van der Waals surface area contributed by atoms with Crippen molar-refractivity contribution in [3.8, 4) is 5.75 Å². The SMILES string of the molecule is CCCCc1noc(CNC(c2ccc(F)cc2)c2ccc(OC)cc2)n1. The van der Waals surface area contributed by atoms with Gasteiger partial charge in [-0.15, -0.1) is 0 Å². The molecule has 0 spiro atoms. The van der Waals surface area contributed by atoms with Gasteiger partial charge >= 0.3 is 0 Å². The molecule has 3 aromatic rings. The number of ether oxygens (including phenoxy) is 1. The van der Waals surface area contributed by atoms with Crippen molar-refractivity contribution in [3.05, 3.63) is 77.2 Å². The summed E-state index contributed by atoms with van der Waals surface area (Å²) in [5.41, 5.74) is 1.99. The number of methoxy groups -OCH3 is 1. The third kappa shape index (κ3) is 5.14. The van der Waals surface area contributed by atoms with Crippen LogP contribution in [0.1, 0.15) is 48.6 Å². The summed E-state index contributed by atoms with van der Waals surface area (Å²) in [6, 6.07) is 14.1. The van der Waals surface area contributed by atoms with Crippen LogP contribution < -0.4 is 10.1 Å². The van der Waals surface area contributed by atoms with Crippen LogP contribution in [0.25, 0.3) is 0 Å². The van der Waals surface area contributed by atoms with Crippen molar-refractivity contribution in [2.45, 2.75) is 38.8 Å². The summed E-state index contributed by atoms with van der Waals surface area (Å²) in [5.74, 6) is 1.80. The average molecular weight is 369 g/mol. The standard InChI is InChI=1S/C21H24FN3O2/c1-3-4-5-19-24-20(27-25-19)14-23-21(15-6-10-17(22)11-7-15)16-8-12-18(26-2)13-9-16/h6-13,21,23H,3-5,14H2,1-2H3. The van der Waals surface area contributed by atoms with Gasteiger partial charge in [-0.3, -0.25) is 5.32 Å². The first-order valence-electron chi connectivity index (χ1n) is 9.14. The number of hydrogen-bond donors (Lipinski definition) is 1. The molecule has 1 aromatic heterocycles. The minimum absolute atomic E-state index is 0.137. The van der Waals surface area contributed by atoms with Gasteiger partial charge in [0.1, 0.15) is 11.6 Å². The maximum atomic E-state index is 13.3. The summed E-state index contributed by atoms with van der Waals surface area (Å²) >= 11 is 0. The van der Waals surface area contributed by atoms with Crippen molar-refractivity contribution in [1.29, 1.82) is 0 Å². The highest BCUT2D eigenvalue weighted by Gasteiger charge is 2.16. The molecule has 0 aliphatic carbocycles. The Morgan fingerprint density at radius 3 is 2.37 bits per heavy atom. The minimum atomic E-state index is -0.260. The van der Waals surface area contributed by atoms with Crippen molar-refractivity contribution < 1.29 is 13.7 Å². The number of unbranched alkanes of at least 4 members (excludes halogenated alkanes) is 1. The summed E-state index contributed by atoms with van der Waals surface area (Å²) < 4.78 is 23.9. The number of benzene rings is 2. The number of hydrogen-bond acceptors (Lipinski definition) is 5. The van der Waals surface area contributed by atoms with Crippen molar-refractivity contribution in [2.75, 3.05) is 7.11 Å². The molecule has 3 rings (SSSR count). The molecule has 1 unspecified atom stereocenters. The molecular formula is C21H24FN3O2. The molecule has 0 bridgehead atoms. The van der Waals surface area contributed by atoms with Gasteiger partial charge in [0, 0.05) is 6.42 Å². The Morgan fingerprint density at radius 2 is 1.74 bits per heavy atom. The molecule has 27 heavy (non-hydrogen) atoms. The number of rotatable bonds is 9. The lowest BCUT2D eigenvalue weighted by atomic mass is 9.98. The van der Waals surface area contributed by atoms with Crippen LogP contribution in [-0.4, -0.2) is 17.3 Å². The van der Waals surface area contributed by atoms with Crippen LogP contribution in [-0.2, 0) is 13.0 Å². The van der Waals surface area contributed by atoms with E-state index >= 15 is 0 Å². The van der Waals surface area contributed by atoms with Crippen LogP contribution in [0, 0.1) is 5.82 Å². The highest BCUT2D eigenvalue weighted by Crippen LogP contribution is 2.25. The van der Waals surface area contributed by atoms with Crippen LogP contribution >= 0.6 is 0 Å². The predicted octanol–water partition coefficient (Wildman–Crippen LogP) is 4.44. The van der Waals surface area contributed by atoms with Crippen molar-refractivity contribution >= 4 is 0 Å². The molecule has 2 aromatic carbocycles. The summed E-state index contributed by atoms with van der Waals surface area (Å²) in [5, 5.41) is 7.45. The van der Waals surface area contributed by atoms with Crippen LogP contribution in [0.2, 0.25) is 0 Å².